The van der Waals surface area contributed by atoms with Gasteiger partial charge in [0.1, 0.15) is 6.07 Å². The number of nitrogens with zero attached hydrogens (tertiary/aromatic N) is 2. The second-order valence-corrected chi connectivity index (χ2v) is 4.17. The van der Waals surface area contributed by atoms with Crippen LogP contribution in [0.4, 0.5) is 0 Å². The van der Waals surface area contributed by atoms with Crippen molar-refractivity contribution in [1.29, 1.82) is 5.26 Å². The predicted molar refractivity (Wildman–Crippen MR) is 71.9 cm³/mol. The zero-order chi connectivity index (χ0) is 13.0. The molecule has 1 aromatic carbocycles. The maximum atomic E-state index is 8.93. The Morgan fingerprint density at radius 2 is 2.06 bits per heavy atom. The molecule has 3 heteroatoms. The van der Waals surface area contributed by atoms with Crippen molar-refractivity contribution in [3.63, 3.8) is 0 Å². The lowest BCUT2D eigenvalue weighted by Gasteiger charge is -2.15. The lowest BCUT2D eigenvalue weighted by atomic mass is 9.96. The van der Waals surface area contributed by atoms with Crippen LogP contribution < -0.4 is 5.32 Å². The van der Waals surface area contributed by atoms with E-state index in [1.807, 2.05) is 25.2 Å². The molecule has 2 rings (SSSR count). The van der Waals surface area contributed by atoms with Gasteiger partial charge in [-0.25, -0.2) is 0 Å². The van der Waals surface area contributed by atoms with Crippen molar-refractivity contribution in [2.45, 2.75) is 13.0 Å². The first-order valence-electron chi connectivity index (χ1n) is 5.88. The van der Waals surface area contributed by atoms with Gasteiger partial charge in [-0.05, 0) is 31.2 Å². The number of aromatic nitrogens is 1. The number of rotatable bonds is 3. The fraction of sp³-hybridized carbons (Fsp3) is 0.200. The third kappa shape index (κ3) is 2.39. The SMILES string of the molecule is CNC(C)c1ccccc1-c1cncc(C#N)c1. The van der Waals surface area contributed by atoms with Crippen molar-refractivity contribution in [2.24, 2.45) is 0 Å². The van der Waals surface area contributed by atoms with Crippen molar-refractivity contribution in [2.75, 3.05) is 7.05 Å². The summed E-state index contributed by atoms with van der Waals surface area (Å²) in [5, 5.41) is 12.2. The minimum absolute atomic E-state index is 0.256. The van der Waals surface area contributed by atoms with E-state index in [-0.39, 0.29) is 6.04 Å². The van der Waals surface area contributed by atoms with Crippen LogP contribution in [0, 0.1) is 11.3 Å². The lowest BCUT2D eigenvalue weighted by Crippen LogP contribution is -2.13. The molecule has 0 aliphatic rings. The van der Waals surface area contributed by atoms with Gasteiger partial charge in [0, 0.05) is 24.0 Å². The maximum Gasteiger partial charge on any atom is 0.101 e. The topological polar surface area (TPSA) is 48.7 Å². The summed E-state index contributed by atoms with van der Waals surface area (Å²) in [4.78, 5) is 4.12. The van der Waals surface area contributed by atoms with Crippen molar-refractivity contribution in [1.82, 2.24) is 10.3 Å². The normalized spacial score (nSPS) is 11.8. The van der Waals surface area contributed by atoms with Crippen LogP contribution >= 0.6 is 0 Å². The number of hydrogen-bond acceptors (Lipinski definition) is 3. The Morgan fingerprint density at radius 3 is 2.78 bits per heavy atom. The van der Waals surface area contributed by atoms with Gasteiger partial charge in [0.15, 0.2) is 0 Å². The molecule has 1 N–H and O–H groups in total. The Morgan fingerprint density at radius 1 is 1.28 bits per heavy atom. The van der Waals surface area contributed by atoms with E-state index in [4.69, 9.17) is 5.26 Å². The monoisotopic (exact) mass is 237 g/mol. The predicted octanol–water partition coefficient (Wildman–Crippen LogP) is 2.90. The van der Waals surface area contributed by atoms with Gasteiger partial charge >= 0.3 is 0 Å². The van der Waals surface area contributed by atoms with E-state index >= 15 is 0 Å². The van der Waals surface area contributed by atoms with Crippen LogP contribution in [0.25, 0.3) is 11.1 Å². The zero-order valence-corrected chi connectivity index (χ0v) is 10.5. The fourth-order valence-electron chi connectivity index (χ4n) is 1.94. The largest absolute Gasteiger partial charge is 0.313 e. The quantitative estimate of drug-likeness (QED) is 0.893. The summed E-state index contributed by atoms with van der Waals surface area (Å²) in [5.74, 6) is 0. The molecular formula is C15H15N3. The van der Waals surface area contributed by atoms with Crippen LogP contribution in [0.2, 0.25) is 0 Å². The second kappa shape index (κ2) is 5.44. The molecular weight excluding hydrogens is 222 g/mol. The van der Waals surface area contributed by atoms with Crippen LogP contribution in [0.15, 0.2) is 42.7 Å². The minimum Gasteiger partial charge on any atom is -0.313 e. The molecule has 1 heterocycles. The molecule has 2 aromatic rings. The summed E-state index contributed by atoms with van der Waals surface area (Å²) in [6.07, 6.45) is 3.37. The standard InChI is InChI=1S/C15H15N3/c1-11(17-2)14-5-3-4-6-15(14)13-7-12(8-16)9-18-10-13/h3-7,9-11,17H,1-2H3. The van der Waals surface area contributed by atoms with Crippen molar-refractivity contribution in [3.05, 3.63) is 53.9 Å². The molecule has 18 heavy (non-hydrogen) atoms. The molecule has 1 atom stereocenters. The van der Waals surface area contributed by atoms with Crippen molar-refractivity contribution in [3.8, 4) is 17.2 Å². The molecule has 0 fully saturated rings. The minimum atomic E-state index is 0.256. The van der Waals surface area contributed by atoms with Gasteiger partial charge in [-0.15, -0.1) is 0 Å². The van der Waals surface area contributed by atoms with E-state index in [1.54, 1.807) is 12.4 Å². The third-order valence-corrected chi connectivity index (χ3v) is 3.04. The smallest absolute Gasteiger partial charge is 0.101 e. The highest BCUT2D eigenvalue weighted by atomic mass is 14.9. The van der Waals surface area contributed by atoms with Crippen LogP contribution in [-0.2, 0) is 0 Å². The molecule has 0 amide bonds. The lowest BCUT2D eigenvalue weighted by molar-refractivity contribution is 0.654. The second-order valence-electron chi connectivity index (χ2n) is 4.17. The molecule has 1 unspecified atom stereocenters. The van der Waals surface area contributed by atoms with E-state index in [2.05, 4.69) is 35.4 Å². The molecule has 0 spiro atoms. The van der Waals surface area contributed by atoms with Crippen molar-refractivity contribution < 1.29 is 0 Å². The summed E-state index contributed by atoms with van der Waals surface area (Å²) in [6, 6.07) is 12.4. The Kier molecular flexibility index (Phi) is 3.71. The van der Waals surface area contributed by atoms with E-state index < -0.39 is 0 Å². The summed E-state index contributed by atoms with van der Waals surface area (Å²) in [5.41, 5.74) is 3.88. The average Bonchev–Trinajstić information content (AvgIpc) is 2.46. The van der Waals surface area contributed by atoms with Crippen LogP contribution in [-0.4, -0.2) is 12.0 Å². The number of nitrogens with one attached hydrogen (secondary N) is 1. The molecule has 3 nitrogen and oxygen atoms in total. The number of benzene rings is 1. The first kappa shape index (κ1) is 12.3. The van der Waals surface area contributed by atoms with Gasteiger partial charge < -0.3 is 5.32 Å². The van der Waals surface area contributed by atoms with Crippen LogP contribution in [0.1, 0.15) is 24.1 Å². The highest BCUT2D eigenvalue weighted by Crippen LogP contribution is 2.27. The number of pyridine rings is 1. The van der Waals surface area contributed by atoms with Gasteiger partial charge in [0.05, 0.1) is 5.56 Å². The Bertz CT molecular complexity index is 584. The molecule has 1 aromatic heterocycles. The van der Waals surface area contributed by atoms with Crippen LogP contribution in [0.3, 0.4) is 0 Å². The van der Waals surface area contributed by atoms with E-state index in [0.717, 1.165) is 11.1 Å². The first-order valence-corrected chi connectivity index (χ1v) is 5.88. The molecule has 90 valence electrons. The Labute approximate surface area is 107 Å². The van der Waals surface area contributed by atoms with Gasteiger partial charge in [0.2, 0.25) is 0 Å². The van der Waals surface area contributed by atoms with Gasteiger partial charge in [-0.2, -0.15) is 5.26 Å². The summed E-state index contributed by atoms with van der Waals surface area (Å²) in [6.45, 7) is 2.11. The third-order valence-electron chi connectivity index (χ3n) is 3.04. The molecule has 0 aliphatic heterocycles. The fourth-order valence-corrected chi connectivity index (χ4v) is 1.94. The summed E-state index contributed by atoms with van der Waals surface area (Å²) >= 11 is 0. The number of nitriles is 1. The van der Waals surface area contributed by atoms with Gasteiger partial charge in [-0.3, -0.25) is 4.98 Å². The highest BCUT2D eigenvalue weighted by molar-refractivity contribution is 5.68. The molecule has 0 aliphatic carbocycles. The molecule has 0 radical (unpaired) electrons. The van der Waals surface area contributed by atoms with Gasteiger partial charge in [-0.1, -0.05) is 24.3 Å². The zero-order valence-electron chi connectivity index (χ0n) is 10.5. The molecule has 0 saturated carbocycles. The highest BCUT2D eigenvalue weighted by Gasteiger charge is 2.10. The number of hydrogen-bond donors (Lipinski definition) is 1. The summed E-state index contributed by atoms with van der Waals surface area (Å²) in [7, 11) is 1.94. The molecule has 0 bridgehead atoms. The van der Waals surface area contributed by atoms with Crippen LogP contribution in [0.5, 0.6) is 0 Å². The van der Waals surface area contributed by atoms with E-state index in [1.165, 1.54) is 5.56 Å². The summed E-state index contributed by atoms with van der Waals surface area (Å²) < 4.78 is 0. The first-order chi connectivity index (χ1) is 8.76. The van der Waals surface area contributed by atoms with Gasteiger partial charge in [0.25, 0.3) is 0 Å². The van der Waals surface area contributed by atoms with Crippen molar-refractivity contribution >= 4 is 0 Å². The average molecular weight is 237 g/mol. The maximum absolute atomic E-state index is 8.93. The molecule has 0 saturated heterocycles. The van der Waals surface area contributed by atoms with E-state index in [9.17, 15) is 0 Å². The van der Waals surface area contributed by atoms with E-state index in [0.29, 0.717) is 5.56 Å². The Balaban J connectivity index is 2.53. The Hall–Kier alpha value is -2.18.